The normalized spacial score (nSPS) is 11.6. The summed E-state index contributed by atoms with van der Waals surface area (Å²) in [5.74, 6) is 11.2. The summed E-state index contributed by atoms with van der Waals surface area (Å²) in [4.78, 5) is 10.9. The fourth-order valence-electron chi connectivity index (χ4n) is 1.67. The van der Waals surface area contributed by atoms with Crippen LogP contribution in [0.1, 0.15) is 52.4 Å². The third-order valence-corrected chi connectivity index (χ3v) is 2.85. The van der Waals surface area contributed by atoms with Gasteiger partial charge in [-0.1, -0.05) is 48.9 Å². The molecule has 0 spiro atoms. The van der Waals surface area contributed by atoms with Crippen LogP contribution in [0.3, 0.4) is 0 Å². The molecule has 2 nitrogen and oxygen atoms in total. The lowest BCUT2D eigenvalue weighted by Gasteiger charge is -2.14. The first kappa shape index (κ1) is 19.4. The number of esters is 1. The summed E-state index contributed by atoms with van der Waals surface area (Å²) in [6, 6.07) is 0. The van der Waals surface area contributed by atoms with Crippen molar-refractivity contribution in [1.82, 2.24) is 0 Å². The van der Waals surface area contributed by atoms with Crippen molar-refractivity contribution in [3.63, 3.8) is 0 Å². The number of allylic oxidation sites excluding steroid dienone is 3. The minimum atomic E-state index is -0.193. The Hall–Kier alpha value is -1.64. The fourth-order valence-corrected chi connectivity index (χ4v) is 1.76. The van der Waals surface area contributed by atoms with Gasteiger partial charge in [0, 0.05) is 18.9 Å². The molecule has 0 saturated heterocycles. The summed E-state index contributed by atoms with van der Waals surface area (Å²) in [7, 11) is 0. The smallest absolute Gasteiger partial charge is 0.302 e. The van der Waals surface area contributed by atoms with E-state index in [0.717, 1.165) is 38.5 Å². The van der Waals surface area contributed by atoms with Crippen LogP contribution in [0.5, 0.6) is 0 Å². The molecule has 0 aliphatic heterocycles. The van der Waals surface area contributed by atoms with Gasteiger partial charge in [0.05, 0.1) is 0 Å². The van der Waals surface area contributed by atoms with Gasteiger partial charge < -0.3 is 4.74 Å². The van der Waals surface area contributed by atoms with Gasteiger partial charge in [-0.15, -0.1) is 0 Å². The molecule has 0 bridgehead atoms. The fraction of sp³-hybridized carbons (Fsp3) is 0.500. The Bertz CT molecular complexity index is 455. The maximum absolute atomic E-state index is 10.9. The average molecular weight is 307 g/mol. The standard InChI is InChI=1S/C18H23ClO2/c1-3-18(21-17(2)20)15-13-11-9-7-5-4-6-8-10-12-14-16-19/h10,12,14,16,18H,3,7,9,11,13,15H2,1-2H3. The van der Waals surface area contributed by atoms with Crippen LogP contribution in [0.15, 0.2) is 23.8 Å². The molecule has 0 aromatic carbocycles. The maximum Gasteiger partial charge on any atom is 0.302 e. The highest BCUT2D eigenvalue weighted by Gasteiger charge is 2.08. The Morgan fingerprint density at radius 1 is 1.24 bits per heavy atom. The van der Waals surface area contributed by atoms with E-state index >= 15 is 0 Å². The molecule has 0 amide bonds. The van der Waals surface area contributed by atoms with Gasteiger partial charge in [0.2, 0.25) is 0 Å². The number of carbonyl (C=O) groups is 1. The van der Waals surface area contributed by atoms with E-state index in [1.54, 1.807) is 18.2 Å². The molecule has 0 fully saturated rings. The van der Waals surface area contributed by atoms with Crippen molar-refractivity contribution in [2.45, 2.75) is 58.5 Å². The van der Waals surface area contributed by atoms with Gasteiger partial charge in [-0.25, -0.2) is 0 Å². The van der Waals surface area contributed by atoms with Crippen LogP contribution in [-0.2, 0) is 9.53 Å². The molecule has 0 saturated carbocycles. The van der Waals surface area contributed by atoms with Crippen LogP contribution in [-0.4, -0.2) is 12.1 Å². The van der Waals surface area contributed by atoms with E-state index in [0.29, 0.717) is 0 Å². The Labute approximate surface area is 133 Å². The molecule has 0 N–H and O–H groups in total. The second-order valence-corrected chi connectivity index (χ2v) is 4.74. The zero-order valence-corrected chi connectivity index (χ0v) is 13.6. The van der Waals surface area contributed by atoms with Crippen molar-refractivity contribution in [2.24, 2.45) is 0 Å². The van der Waals surface area contributed by atoms with E-state index in [1.807, 2.05) is 6.92 Å². The van der Waals surface area contributed by atoms with Gasteiger partial charge in [-0.2, -0.15) is 0 Å². The van der Waals surface area contributed by atoms with E-state index in [2.05, 4.69) is 23.7 Å². The van der Waals surface area contributed by atoms with Crippen molar-refractivity contribution in [3.05, 3.63) is 23.8 Å². The first-order valence-corrected chi connectivity index (χ1v) is 7.71. The lowest BCUT2D eigenvalue weighted by molar-refractivity contribution is -0.146. The molecule has 0 radical (unpaired) electrons. The number of hydrogen-bond acceptors (Lipinski definition) is 2. The van der Waals surface area contributed by atoms with Crippen molar-refractivity contribution < 1.29 is 9.53 Å². The molecule has 1 atom stereocenters. The number of halogens is 1. The molecule has 0 aliphatic carbocycles. The molecule has 21 heavy (non-hydrogen) atoms. The SMILES string of the molecule is CCC(CCCCCC#CC#CC=CC=CCl)OC(C)=O. The molecule has 0 aliphatic rings. The molecule has 1 unspecified atom stereocenters. The highest BCUT2D eigenvalue weighted by Crippen LogP contribution is 2.11. The van der Waals surface area contributed by atoms with E-state index in [-0.39, 0.29) is 12.1 Å². The monoisotopic (exact) mass is 306 g/mol. The van der Waals surface area contributed by atoms with E-state index in [9.17, 15) is 4.79 Å². The lowest BCUT2D eigenvalue weighted by atomic mass is 10.1. The lowest BCUT2D eigenvalue weighted by Crippen LogP contribution is -2.14. The molecule has 0 aromatic rings. The number of rotatable bonds is 8. The zero-order valence-electron chi connectivity index (χ0n) is 12.8. The van der Waals surface area contributed by atoms with Gasteiger partial charge >= 0.3 is 5.97 Å². The second kappa shape index (κ2) is 14.8. The van der Waals surface area contributed by atoms with Gasteiger partial charge in [-0.05, 0) is 43.6 Å². The first-order chi connectivity index (χ1) is 10.2. The molecule has 0 heterocycles. The molecule has 114 valence electrons. The van der Waals surface area contributed by atoms with Gasteiger partial charge in [0.1, 0.15) is 6.10 Å². The van der Waals surface area contributed by atoms with Crippen LogP contribution in [0.25, 0.3) is 0 Å². The topological polar surface area (TPSA) is 26.3 Å². The highest BCUT2D eigenvalue weighted by molar-refractivity contribution is 6.25. The summed E-state index contributed by atoms with van der Waals surface area (Å²) in [5.41, 5.74) is 1.43. The number of ether oxygens (including phenoxy) is 1. The van der Waals surface area contributed by atoms with E-state index in [1.165, 1.54) is 12.5 Å². The van der Waals surface area contributed by atoms with E-state index in [4.69, 9.17) is 16.3 Å². The van der Waals surface area contributed by atoms with Crippen LogP contribution >= 0.6 is 11.6 Å². The second-order valence-electron chi connectivity index (χ2n) is 4.49. The number of carbonyl (C=O) groups excluding carboxylic acids is 1. The summed E-state index contributed by atoms with van der Waals surface area (Å²) < 4.78 is 5.19. The third-order valence-electron chi connectivity index (χ3n) is 2.70. The van der Waals surface area contributed by atoms with Crippen molar-refractivity contribution in [3.8, 4) is 23.7 Å². The summed E-state index contributed by atoms with van der Waals surface area (Å²) in [6.45, 7) is 3.50. The van der Waals surface area contributed by atoms with Crippen molar-refractivity contribution >= 4 is 17.6 Å². The van der Waals surface area contributed by atoms with Crippen LogP contribution in [0.2, 0.25) is 0 Å². The molecule has 3 heteroatoms. The van der Waals surface area contributed by atoms with Gasteiger partial charge in [0.25, 0.3) is 0 Å². The maximum atomic E-state index is 10.9. The predicted molar refractivity (Wildman–Crippen MR) is 88.6 cm³/mol. The Morgan fingerprint density at radius 3 is 2.71 bits per heavy atom. The number of unbranched alkanes of at least 4 members (excludes halogenated alkanes) is 3. The van der Waals surface area contributed by atoms with Crippen molar-refractivity contribution in [2.75, 3.05) is 0 Å². The summed E-state index contributed by atoms with van der Waals surface area (Å²) >= 11 is 5.35. The van der Waals surface area contributed by atoms with Crippen molar-refractivity contribution in [1.29, 1.82) is 0 Å². The minimum Gasteiger partial charge on any atom is -0.463 e. The predicted octanol–water partition coefficient (Wildman–Crippen LogP) is 4.59. The Balaban J connectivity index is 3.66. The Kier molecular flexibility index (Phi) is 13.6. The third kappa shape index (κ3) is 14.6. The summed E-state index contributed by atoms with van der Waals surface area (Å²) in [5, 5.41) is 0. The van der Waals surface area contributed by atoms with Crippen LogP contribution < -0.4 is 0 Å². The first-order valence-electron chi connectivity index (χ1n) is 7.28. The average Bonchev–Trinajstić information content (AvgIpc) is 2.46. The van der Waals surface area contributed by atoms with E-state index < -0.39 is 0 Å². The van der Waals surface area contributed by atoms with Gasteiger partial charge in [0.15, 0.2) is 0 Å². The molecular weight excluding hydrogens is 284 g/mol. The number of hydrogen-bond donors (Lipinski definition) is 0. The Morgan fingerprint density at radius 2 is 2.05 bits per heavy atom. The minimum absolute atomic E-state index is 0.0632. The molecule has 0 rings (SSSR count). The molecule has 0 aromatic heterocycles. The van der Waals surface area contributed by atoms with Gasteiger partial charge in [-0.3, -0.25) is 4.79 Å². The van der Waals surface area contributed by atoms with Crippen LogP contribution in [0.4, 0.5) is 0 Å². The van der Waals surface area contributed by atoms with Crippen LogP contribution in [0, 0.1) is 23.7 Å². The summed E-state index contributed by atoms with van der Waals surface area (Å²) in [6.07, 6.45) is 11.1. The quantitative estimate of drug-likeness (QED) is 0.284. The largest absolute Gasteiger partial charge is 0.463 e. The zero-order chi connectivity index (χ0) is 15.8. The highest BCUT2D eigenvalue weighted by atomic mass is 35.5. The molecular formula is C18H23ClO2.